The molecular formula is C19H17F2N3O3. The average molecular weight is 373 g/mol. The van der Waals surface area contributed by atoms with Crippen LogP contribution in [0, 0.1) is 0 Å². The maximum atomic E-state index is 15.1. The molecule has 0 saturated carbocycles. The van der Waals surface area contributed by atoms with E-state index in [4.69, 9.17) is 5.53 Å². The first-order valence-corrected chi connectivity index (χ1v) is 8.10. The van der Waals surface area contributed by atoms with E-state index in [1.807, 2.05) is 0 Å². The van der Waals surface area contributed by atoms with E-state index in [0.29, 0.717) is 5.69 Å². The molecule has 2 rings (SSSR count). The second-order valence-electron chi connectivity index (χ2n) is 5.48. The molecule has 140 valence electrons. The van der Waals surface area contributed by atoms with Gasteiger partial charge in [-0.2, -0.15) is 13.6 Å². The molecule has 1 N–H and O–H groups in total. The van der Waals surface area contributed by atoms with Crippen molar-refractivity contribution in [2.45, 2.75) is 18.9 Å². The lowest BCUT2D eigenvalue weighted by atomic mass is 9.95. The Morgan fingerprint density at radius 1 is 1.11 bits per heavy atom. The molecule has 0 radical (unpaired) electrons. The molecule has 0 bridgehead atoms. The molecule has 0 amide bonds. The number of rotatable bonds is 8. The highest BCUT2D eigenvalue weighted by atomic mass is 19.3. The van der Waals surface area contributed by atoms with Crippen molar-refractivity contribution in [2.24, 2.45) is 0 Å². The van der Waals surface area contributed by atoms with E-state index >= 15 is 8.78 Å². The Kier molecular flexibility index (Phi) is 6.51. The number of alkyl halides is 2. The Hall–Kier alpha value is -3.38. The minimum absolute atomic E-state index is 0.112. The molecule has 1 unspecified atom stereocenters. The Morgan fingerprint density at radius 3 is 2.19 bits per heavy atom. The maximum Gasteiger partial charge on any atom is 0.448 e. The molecule has 8 heteroatoms. The third kappa shape index (κ3) is 4.62. The van der Waals surface area contributed by atoms with Crippen LogP contribution in [-0.4, -0.2) is 34.8 Å². The summed E-state index contributed by atoms with van der Waals surface area (Å²) in [6, 6.07) is 13.9. The molecular weight excluding hydrogens is 356 g/mol. The van der Waals surface area contributed by atoms with Gasteiger partial charge in [-0.3, -0.25) is 4.79 Å². The zero-order valence-electron chi connectivity index (χ0n) is 14.4. The number of anilines is 1. The number of halogens is 2. The van der Waals surface area contributed by atoms with Crippen LogP contribution in [0.4, 0.5) is 14.5 Å². The topological polar surface area (TPSA) is 91.8 Å². The SMILES string of the molecule is CCOC(=O)C(=[N+]=[N-])C(=O)C(F)(F)C(Nc1ccccc1)c1ccccc1. The summed E-state index contributed by atoms with van der Waals surface area (Å²) in [6.07, 6.45) is 0. The summed E-state index contributed by atoms with van der Waals surface area (Å²) in [5.41, 5.74) is 8.00. The maximum absolute atomic E-state index is 15.1. The second-order valence-corrected chi connectivity index (χ2v) is 5.48. The van der Waals surface area contributed by atoms with E-state index < -0.39 is 29.4 Å². The van der Waals surface area contributed by atoms with Gasteiger partial charge in [0.25, 0.3) is 0 Å². The van der Waals surface area contributed by atoms with Gasteiger partial charge in [-0.25, -0.2) is 4.79 Å². The first kappa shape index (κ1) is 19.9. The summed E-state index contributed by atoms with van der Waals surface area (Å²) in [5, 5.41) is 2.61. The van der Waals surface area contributed by atoms with E-state index in [1.165, 1.54) is 19.1 Å². The van der Waals surface area contributed by atoms with Crippen molar-refractivity contribution in [2.75, 3.05) is 11.9 Å². The van der Waals surface area contributed by atoms with Crippen molar-refractivity contribution in [3.8, 4) is 0 Å². The van der Waals surface area contributed by atoms with Gasteiger partial charge in [0.15, 0.2) is 0 Å². The zero-order chi connectivity index (χ0) is 19.9. The summed E-state index contributed by atoms with van der Waals surface area (Å²) >= 11 is 0. The third-order valence-corrected chi connectivity index (χ3v) is 3.67. The molecule has 0 spiro atoms. The van der Waals surface area contributed by atoms with Crippen LogP contribution in [0.25, 0.3) is 5.53 Å². The Bertz CT molecular complexity index is 851. The third-order valence-electron chi connectivity index (χ3n) is 3.67. The monoisotopic (exact) mass is 373 g/mol. The van der Waals surface area contributed by atoms with Crippen molar-refractivity contribution in [1.82, 2.24) is 0 Å². The Morgan fingerprint density at radius 2 is 1.67 bits per heavy atom. The molecule has 1 atom stereocenters. The number of hydrogen-bond donors (Lipinski definition) is 1. The standard InChI is InChI=1S/C19H17F2N3O3/c1-2-27-18(26)15(24-22)17(25)19(20,21)16(13-9-5-3-6-10-13)23-14-11-7-4-8-12-14/h3-12,16,23H,2H2,1H3. The number of ketones is 1. The molecule has 0 saturated heterocycles. The summed E-state index contributed by atoms with van der Waals surface area (Å²) in [6.45, 7) is 1.26. The van der Waals surface area contributed by atoms with E-state index in [0.717, 1.165) is 0 Å². The number of benzene rings is 2. The summed E-state index contributed by atoms with van der Waals surface area (Å²) < 4.78 is 34.7. The quantitative estimate of drug-likeness (QED) is 0.253. The van der Waals surface area contributed by atoms with Crippen molar-refractivity contribution >= 4 is 23.2 Å². The van der Waals surface area contributed by atoms with E-state index in [1.54, 1.807) is 48.5 Å². The van der Waals surface area contributed by atoms with Crippen LogP contribution in [0.5, 0.6) is 0 Å². The number of hydrogen-bond acceptors (Lipinski definition) is 4. The summed E-state index contributed by atoms with van der Waals surface area (Å²) in [7, 11) is 0. The summed E-state index contributed by atoms with van der Waals surface area (Å²) in [5.74, 6) is -7.47. The number of carbonyl (C=O) groups is 2. The van der Waals surface area contributed by atoms with Crippen molar-refractivity contribution in [1.29, 1.82) is 0 Å². The molecule has 0 aliphatic carbocycles. The van der Waals surface area contributed by atoms with Gasteiger partial charge in [-0.05, 0) is 24.6 Å². The van der Waals surface area contributed by atoms with Crippen molar-refractivity contribution in [3.63, 3.8) is 0 Å². The Labute approximate surface area is 154 Å². The van der Waals surface area contributed by atoms with Gasteiger partial charge in [-0.1, -0.05) is 48.5 Å². The van der Waals surface area contributed by atoms with Crippen LogP contribution < -0.4 is 5.32 Å². The first-order chi connectivity index (χ1) is 12.9. The number of ether oxygens (including phenoxy) is 1. The zero-order valence-corrected chi connectivity index (χ0v) is 14.4. The normalized spacial score (nSPS) is 11.8. The lowest BCUT2D eigenvalue weighted by Crippen LogP contribution is -2.46. The molecule has 0 aromatic heterocycles. The van der Waals surface area contributed by atoms with Gasteiger partial charge < -0.3 is 15.6 Å². The van der Waals surface area contributed by atoms with Crippen LogP contribution in [-0.2, 0) is 14.3 Å². The van der Waals surface area contributed by atoms with Crippen LogP contribution in [0.2, 0.25) is 0 Å². The molecule has 27 heavy (non-hydrogen) atoms. The number of esters is 1. The van der Waals surface area contributed by atoms with Gasteiger partial charge in [0, 0.05) is 5.69 Å². The number of Topliss-reactive ketones (excluding diaryl/α,β-unsaturated/α-hetero) is 1. The molecule has 0 fully saturated rings. The predicted molar refractivity (Wildman–Crippen MR) is 94.5 cm³/mol. The van der Waals surface area contributed by atoms with Crippen molar-refractivity contribution < 1.29 is 27.9 Å². The van der Waals surface area contributed by atoms with Gasteiger partial charge >= 0.3 is 23.4 Å². The number of nitrogens with one attached hydrogen (secondary N) is 1. The smallest absolute Gasteiger partial charge is 0.448 e. The van der Waals surface area contributed by atoms with Crippen LogP contribution in [0.1, 0.15) is 18.5 Å². The van der Waals surface area contributed by atoms with Crippen LogP contribution in [0.15, 0.2) is 60.7 Å². The van der Waals surface area contributed by atoms with Gasteiger partial charge in [0.1, 0.15) is 6.04 Å². The summed E-state index contributed by atoms with van der Waals surface area (Å²) in [4.78, 5) is 26.5. The van der Waals surface area contributed by atoms with Gasteiger partial charge in [0.05, 0.1) is 6.61 Å². The largest absolute Gasteiger partial charge is 0.457 e. The highest BCUT2D eigenvalue weighted by Gasteiger charge is 2.55. The average Bonchev–Trinajstić information content (AvgIpc) is 2.68. The molecule has 6 nitrogen and oxygen atoms in total. The van der Waals surface area contributed by atoms with E-state index in [-0.39, 0.29) is 12.2 Å². The first-order valence-electron chi connectivity index (χ1n) is 8.10. The lowest BCUT2D eigenvalue weighted by Gasteiger charge is -2.26. The fraction of sp³-hybridized carbons (Fsp3) is 0.211. The van der Waals surface area contributed by atoms with E-state index in [9.17, 15) is 9.59 Å². The van der Waals surface area contributed by atoms with Gasteiger partial charge in [0.2, 0.25) is 0 Å². The fourth-order valence-corrected chi connectivity index (χ4v) is 2.40. The highest BCUT2D eigenvalue weighted by Crippen LogP contribution is 2.35. The molecule has 0 aliphatic heterocycles. The van der Waals surface area contributed by atoms with Crippen LogP contribution in [0.3, 0.4) is 0 Å². The van der Waals surface area contributed by atoms with Crippen LogP contribution >= 0.6 is 0 Å². The molecule has 0 aliphatic rings. The van der Waals surface area contributed by atoms with E-state index in [2.05, 4.69) is 14.8 Å². The fourth-order valence-electron chi connectivity index (χ4n) is 2.40. The predicted octanol–water partition coefficient (Wildman–Crippen LogP) is 3.28. The molecule has 2 aromatic rings. The Balaban J connectivity index is 2.44. The number of nitrogens with zero attached hydrogens (tertiary/aromatic N) is 2. The van der Waals surface area contributed by atoms with Gasteiger partial charge in [-0.15, -0.1) is 0 Å². The minimum atomic E-state index is -4.11. The number of carbonyl (C=O) groups excluding carboxylic acids is 2. The molecule has 2 aromatic carbocycles. The second kappa shape index (κ2) is 8.82. The van der Waals surface area contributed by atoms with Crippen molar-refractivity contribution in [3.05, 3.63) is 71.8 Å². The lowest BCUT2D eigenvalue weighted by molar-refractivity contribution is -0.149. The minimum Gasteiger partial charge on any atom is -0.457 e. The highest BCUT2D eigenvalue weighted by molar-refractivity contribution is 6.63. The molecule has 0 heterocycles. The number of para-hydroxylation sites is 1.